The van der Waals surface area contributed by atoms with E-state index in [4.69, 9.17) is 4.74 Å². The maximum absolute atomic E-state index is 12.6. The molecule has 0 spiro atoms. The SMILES string of the molecule is CCCCN(CCCC)CCCNC[C@@H]1C(=O)O[C@@H]2C[C@]3(C)CCC[C@@H](C)C3=C[C@@H]12. The maximum Gasteiger partial charge on any atom is 0.311 e. The van der Waals surface area contributed by atoms with E-state index in [1.807, 2.05) is 0 Å². The summed E-state index contributed by atoms with van der Waals surface area (Å²) in [6, 6.07) is 0. The van der Waals surface area contributed by atoms with E-state index in [1.54, 1.807) is 5.57 Å². The summed E-state index contributed by atoms with van der Waals surface area (Å²) < 4.78 is 5.88. The van der Waals surface area contributed by atoms with Crippen molar-refractivity contribution in [2.75, 3.05) is 32.7 Å². The van der Waals surface area contributed by atoms with Gasteiger partial charge >= 0.3 is 5.97 Å². The molecule has 0 bridgehead atoms. The number of carbonyl (C=O) groups is 1. The number of nitrogens with zero attached hydrogens (tertiary/aromatic N) is 1. The molecule has 3 aliphatic rings. The van der Waals surface area contributed by atoms with Crippen LogP contribution in [0.15, 0.2) is 11.6 Å². The minimum atomic E-state index is -0.00235. The van der Waals surface area contributed by atoms with E-state index in [1.165, 1.54) is 58.0 Å². The van der Waals surface area contributed by atoms with Crippen LogP contribution in [0, 0.1) is 23.2 Å². The molecule has 0 aromatic heterocycles. The summed E-state index contributed by atoms with van der Waals surface area (Å²) in [4.78, 5) is 15.3. The lowest BCUT2D eigenvalue weighted by molar-refractivity contribution is -0.145. The summed E-state index contributed by atoms with van der Waals surface area (Å²) in [5, 5.41) is 3.59. The van der Waals surface area contributed by atoms with Crippen LogP contribution in [0.2, 0.25) is 0 Å². The Hall–Kier alpha value is -0.870. The molecule has 0 amide bonds. The van der Waals surface area contributed by atoms with E-state index in [0.717, 1.165) is 32.5 Å². The van der Waals surface area contributed by atoms with E-state index >= 15 is 0 Å². The van der Waals surface area contributed by atoms with Gasteiger partial charge in [0, 0.05) is 12.5 Å². The number of hydrogen-bond donors (Lipinski definition) is 1. The molecule has 3 rings (SSSR count). The largest absolute Gasteiger partial charge is 0.461 e. The molecule has 0 unspecified atom stereocenters. The highest BCUT2D eigenvalue weighted by Crippen LogP contribution is 2.53. The Morgan fingerprint density at radius 1 is 1.17 bits per heavy atom. The molecular weight excluding hydrogens is 372 g/mol. The third kappa shape index (κ3) is 5.68. The molecule has 0 aromatic rings. The van der Waals surface area contributed by atoms with Crippen LogP contribution in [0.25, 0.3) is 0 Å². The van der Waals surface area contributed by atoms with E-state index < -0.39 is 0 Å². The van der Waals surface area contributed by atoms with Gasteiger partial charge in [0.05, 0.1) is 5.92 Å². The van der Waals surface area contributed by atoms with Gasteiger partial charge in [0.25, 0.3) is 0 Å². The third-order valence-electron chi connectivity index (χ3n) is 7.93. The van der Waals surface area contributed by atoms with Gasteiger partial charge < -0.3 is 15.0 Å². The number of unbranched alkanes of at least 4 members (excludes halogenated alkanes) is 2. The predicted octanol–water partition coefficient (Wildman–Crippen LogP) is 5.18. The van der Waals surface area contributed by atoms with Crippen molar-refractivity contribution in [2.24, 2.45) is 23.2 Å². The van der Waals surface area contributed by atoms with Crippen LogP contribution in [-0.2, 0) is 9.53 Å². The minimum Gasteiger partial charge on any atom is -0.461 e. The zero-order valence-electron chi connectivity index (χ0n) is 20.0. The molecule has 4 nitrogen and oxygen atoms in total. The van der Waals surface area contributed by atoms with Gasteiger partial charge in [-0.05, 0) is 76.0 Å². The first-order valence-electron chi connectivity index (χ1n) is 12.8. The predicted molar refractivity (Wildman–Crippen MR) is 124 cm³/mol. The van der Waals surface area contributed by atoms with Crippen LogP contribution < -0.4 is 5.32 Å². The fraction of sp³-hybridized carbons (Fsp3) is 0.885. The molecule has 0 radical (unpaired) electrons. The lowest BCUT2D eigenvalue weighted by Gasteiger charge is -2.46. The summed E-state index contributed by atoms with van der Waals surface area (Å²) in [6.45, 7) is 14.7. The van der Waals surface area contributed by atoms with Gasteiger partial charge in [-0.3, -0.25) is 4.79 Å². The van der Waals surface area contributed by atoms with E-state index in [9.17, 15) is 4.79 Å². The number of allylic oxidation sites excluding steroid dienone is 1. The molecule has 2 aliphatic carbocycles. The maximum atomic E-state index is 12.6. The van der Waals surface area contributed by atoms with Crippen molar-refractivity contribution in [1.82, 2.24) is 10.2 Å². The van der Waals surface area contributed by atoms with Gasteiger partial charge in [0.2, 0.25) is 0 Å². The molecule has 5 atom stereocenters. The number of fused-ring (bicyclic) bond motifs is 2. The number of ether oxygens (including phenoxy) is 1. The molecule has 2 fully saturated rings. The molecule has 1 saturated carbocycles. The first kappa shape index (κ1) is 23.8. The van der Waals surface area contributed by atoms with Gasteiger partial charge in [-0.25, -0.2) is 0 Å². The zero-order chi connectivity index (χ0) is 21.6. The summed E-state index contributed by atoms with van der Waals surface area (Å²) in [6.07, 6.45) is 13.7. The lowest BCUT2D eigenvalue weighted by atomic mass is 9.59. The Bertz CT molecular complexity index is 582. The van der Waals surface area contributed by atoms with E-state index in [0.29, 0.717) is 5.92 Å². The average Bonchev–Trinajstić information content (AvgIpc) is 3.01. The molecule has 1 aliphatic heterocycles. The minimum absolute atomic E-state index is 0.00235. The summed E-state index contributed by atoms with van der Waals surface area (Å²) >= 11 is 0. The fourth-order valence-electron chi connectivity index (χ4n) is 6.07. The van der Waals surface area contributed by atoms with Crippen LogP contribution in [0.4, 0.5) is 0 Å². The molecule has 30 heavy (non-hydrogen) atoms. The van der Waals surface area contributed by atoms with Crippen LogP contribution in [-0.4, -0.2) is 49.7 Å². The highest BCUT2D eigenvalue weighted by atomic mass is 16.6. The number of hydrogen-bond acceptors (Lipinski definition) is 4. The van der Waals surface area contributed by atoms with Crippen molar-refractivity contribution in [3.05, 3.63) is 11.6 Å². The molecule has 172 valence electrons. The van der Waals surface area contributed by atoms with Crippen LogP contribution >= 0.6 is 0 Å². The first-order valence-corrected chi connectivity index (χ1v) is 12.8. The number of nitrogens with one attached hydrogen (secondary N) is 1. The second-order valence-electron chi connectivity index (χ2n) is 10.4. The van der Waals surface area contributed by atoms with Crippen LogP contribution in [0.5, 0.6) is 0 Å². The molecule has 4 heteroatoms. The van der Waals surface area contributed by atoms with Gasteiger partial charge in [-0.1, -0.05) is 58.6 Å². The van der Waals surface area contributed by atoms with Crippen LogP contribution in [0.3, 0.4) is 0 Å². The van der Waals surface area contributed by atoms with Crippen molar-refractivity contribution in [3.63, 3.8) is 0 Å². The molecule has 1 N–H and O–H groups in total. The van der Waals surface area contributed by atoms with Crippen molar-refractivity contribution in [1.29, 1.82) is 0 Å². The summed E-state index contributed by atoms with van der Waals surface area (Å²) in [5.74, 6) is 0.958. The van der Waals surface area contributed by atoms with Gasteiger partial charge in [0.15, 0.2) is 0 Å². The number of rotatable bonds is 12. The molecule has 0 aromatic carbocycles. The van der Waals surface area contributed by atoms with Crippen molar-refractivity contribution < 1.29 is 9.53 Å². The van der Waals surface area contributed by atoms with Gasteiger partial charge in [0.1, 0.15) is 6.10 Å². The van der Waals surface area contributed by atoms with Crippen molar-refractivity contribution >= 4 is 5.97 Å². The topological polar surface area (TPSA) is 41.6 Å². The zero-order valence-corrected chi connectivity index (χ0v) is 20.0. The average molecular weight is 419 g/mol. The van der Waals surface area contributed by atoms with Crippen molar-refractivity contribution in [2.45, 2.75) is 91.6 Å². The molecule has 1 saturated heterocycles. The number of carbonyl (C=O) groups excluding carboxylic acids is 1. The molecular formula is C26H46N2O2. The summed E-state index contributed by atoms with van der Waals surface area (Å²) in [7, 11) is 0. The number of esters is 1. The summed E-state index contributed by atoms with van der Waals surface area (Å²) in [5.41, 5.74) is 1.86. The van der Waals surface area contributed by atoms with E-state index in [-0.39, 0.29) is 29.3 Å². The Morgan fingerprint density at radius 3 is 2.57 bits per heavy atom. The Morgan fingerprint density at radius 2 is 1.87 bits per heavy atom. The quantitative estimate of drug-likeness (QED) is 0.269. The van der Waals surface area contributed by atoms with Gasteiger partial charge in [-0.2, -0.15) is 0 Å². The lowest BCUT2D eigenvalue weighted by Crippen LogP contribution is -2.40. The second kappa shape index (κ2) is 11.1. The smallest absolute Gasteiger partial charge is 0.311 e. The monoisotopic (exact) mass is 418 g/mol. The Balaban J connectivity index is 1.48. The Kier molecular flexibility index (Phi) is 8.82. The first-order chi connectivity index (χ1) is 14.5. The Labute approximate surface area is 185 Å². The fourth-order valence-corrected chi connectivity index (χ4v) is 6.07. The van der Waals surface area contributed by atoms with Crippen molar-refractivity contribution in [3.8, 4) is 0 Å². The normalized spacial score (nSPS) is 33.2. The third-order valence-corrected chi connectivity index (χ3v) is 7.93. The van der Waals surface area contributed by atoms with Crippen LogP contribution in [0.1, 0.15) is 85.5 Å². The van der Waals surface area contributed by atoms with Gasteiger partial charge in [-0.15, -0.1) is 0 Å². The highest BCUT2D eigenvalue weighted by Gasteiger charge is 2.51. The standard InChI is InChI=1S/C26H46N2O2/c1-5-7-14-28(15-8-6-2)16-10-13-27-19-22-21-17-23-20(3)11-9-12-26(23,4)18-24(21)30-25(22)29/h17,20-22,24,27H,5-16,18-19H2,1-4H3/t20-,21+,22+,24-,26+/m1/s1. The highest BCUT2D eigenvalue weighted by molar-refractivity contribution is 5.76. The van der Waals surface area contributed by atoms with E-state index in [2.05, 4.69) is 44.0 Å². The second-order valence-corrected chi connectivity index (χ2v) is 10.4. The molecule has 1 heterocycles.